The van der Waals surface area contributed by atoms with Gasteiger partial charge in [-0.15, -0.1) is 0 Å². The highest BCUT2D eigenvalue weighted by Crippen LogP contribution is 2.31. The number of benzene rings is 1. The molecule has 0 aliphatic rings. The van der Waals surface area contributed by atoms with Crippen LogP contribution in [0, 0.1) is 5.82 Å². The Morgan fingerprint density at radius 3 is 2.71 bits per heavy atom. The standard InChI is InChI=1S/C14H15F4N3/c1-10(8-21-5-4-19-9-21)20-7-11-2-3-13(15)12(6-11)14(16,17)18/h2-6,9-10,20H,7-8H2,1H3/t10-/m1/s1. The molecule has 1 heterocycles. The Morgan fingerprint density at radius 2 is 2.10 bits per heavy atom. The largest absolute Gasteiger partial charge is 0.419 e. The van der Waals surface area contributed by atoms with E-state index in [9.17, 15) is 17.6 Å². The van der Waals surface area contributed by atoms with Gasteiger partial charge in [-0.05, 0) is 24.6 Å². The Labute approximate surface area is 119 Å². The number of aromatic nitrogens is 2. The maximum atomic E-state index is 13.2. The van der Waals surface area contributed by atoms with E-state index in [1.165, 1.54) is 6.07 Å². The Balaban J connectivity index is 1.97. The van der Waals surface area contributed by atoms with E-state index >= 15 is 0 Å². The molecule has 114 valence electrons. The van der Waals surface area contributed by atoms with E-state index in [0.29, 0.717) is 12.1 Å². The van der Waals surface area contributed by atoms with Gasteiger partial charge < -0.3 is 9.88 Å². The third-order valence-corrected chi connectivity index (χ3v) is 3.03. The van der Waals surface area contributed by atoms with Crippen LogP contribution in [0.15, 0.2) is 36.9 Å². The maximum absolute atomic E-state index is 13.2. The molecule has 1 aromatic carbocycles. The van der Waals surface area contributed by atoms with Crippen LogP contribution in [0.5, 0.6) is 0 Å². The summed E-state index contributed by atoms with van der Waals surface area (Å²) < 4.78 is 52.9. The summed E-state index contributed by atoms with van der Waals surface area (Å²) in [4.78, 5) is 3.91. The fraction of sp³-hybridized carbons (Fsp3) is 0.357. The lowest BCUT2D eigenvalue weighted by Crippen LogP contribution is -2.29. The summed E-state index contributed by atoms with van der Waals surface area (Å²) in [6.45, 7) is 2.79. The van der Waals surface area contributed by atoms with Crippen molar-refractivity contribution in [3.8, 4) is 0 Å². The summed E-state index contributed by atoms with van der Waals surface area (Å²) in [5, 5.41) is 3.10. The summed E-state index contributed by atoms with van der Waals surface area (Å²) in [6.07, 6.45) is 0.445. The number of imidazole rings is 1. The molecule has 21 heavy (non-hydrogen) atoms. The molecule has 0 fully saturated rings. The molecule has 7 heteroatoms. The van der Waals surface area contributed by atoms with Gasteiger partial charge >= 0.3 is 6.18 Å². The van der Waals surface area contributed by atoms with Crippen molar-refractivity contribution in [3.63, 3.8) is 0 Å². The summed E-state index contributed by atoms with van der Waals surface area (Å²) in [5.74, 6) is -1.25. The molecule has 1 atom stereocenters. The van der Waals surface area contributed by atoms with Gasteiger partial charge in [0.2, 0.25) is 0 Å². The molecule has 0 amide bonds. The number of alkyl halides is 3. The average Bonchev–Trinajstić information content (AvgIpc) is 2.89. The summed E-state index contributed by atoms with van der Waals surface area (Å²) in [5.41, 5.74) is -0.842. The smallest absolute Gasteiger partial charge is 0.336 e. The Hall–Kier alpha value is -1.89. The lowest BCUT2D eigenvalue weighted by molar-refractivity contribution is -0.140. The maximum Gasteiger partial charge on any atom is 0.419 e. The fourth-order valence-electron chi connectivity index (χ4n) is 1.97. The third-order valence-electron chi connectivity index (χ3n) is 3.03. The van der Waals surface area contributed by atoms with Crippen LogP contribution in [0.3, 0.4) is 0 Å². The minimum absolute atomic E-state index is 0.0404. The molecule has 0 radical (unpaired) electrons. The first-order valence-electron chi connectivity index (χ1n) is 6.41. The lowest BCUT2D eigenvalue weighted by atomic mass is 10.1. The molecule has 2 rings (SSSR count). The Morgan fingerprint density at radius 1 is 1.33 bits per heavy atom. The molecule has 1 aromatic heterocycles. The first-order valence-corrected chi connectivity index (χ1v) is 6.41. The molecule has 2 aromatic rings. The van der Waals surface area contributed by atoms with Crippen molar-refractivity contribution < 1.29 is 17.6 Å². The Kier molecular flexibility index (Phi) is 4.62. The van der Waals surface area contributed by atoms with Crippen molar-refractivity contribution in [1.82, 2.24) is 14.9 Å². The van der Waals surface area contributed by atoms with Crippen LogP contribution in [0.4, 0.5) is 17.6 Å². The van der Waals surface area contributed by atoms with Crippen molar-refractivity contribution in [1.29, 1.82) is 0 Å². The van der Waals surface area contributed by atoms with Crippen molar-refractivity contribution in [3.05, 3.63) is 53.9 Å². The van der Waals surface area contributed by atoms with Crippen LogP contribution in [-0.2, 0) is 19.3 Å². The zero-order chi connectivity index (χ0) is 15.5. The van der Waals surface area contributed by atoms with Crippen molar-refractivity contribution >= 4 is 0 Å². The van der Waals surface area contributed by atoms with Crippen LogP contribution in [-0.4, -0.2) is 15.6 Å². The highest BCUT2D eigenvalue weighted by atomic mass is 19.4. The second-order valence-electron chi connectivity index (χ2n) is 4.85. The summed E-state index contributed by atoms with van der Waals surface area (Å²) in [6, 6.07) is 3.08. The fourth-order valence-corrected chi connectivity index (χ4v) is 1.97. The van der Waals surface area contributed by atoms with Crippen LogP contribution in [0.2, 0.25) is 0 Å². The zero-order valence-electron chi connectivity index (χ0n) is 11.4. The minimum atomic E-state index is -4.68. The molecule has 3 nitrogen and oxygen atoms in total. The average molecular weight is 301 g/mol. The van der Waals surface area contributed by atoms with Gasteiger partial charge in [-0.25, -0.2) is 9.37 Å². The summed E-state index contributed by atoms with van der Waals surface area (Å²) in [7, 11) is 0. The topological polar surface area (TPSA) is 29.9 Å². The van der Waals surface area contributed by atoms with E-state index in [4.69, 9.17) is 0 Å². The van der Waals surface area contributed by atoms with E-state index in [1.807, 2.05) is 11.5 Å². The van der Waals surface area contributed by atoms with Crippen LogP contribution >= 0.6 is 0 Å². The number of hydrogen-bond donors (Lipinski definition) is 1. The highest BCUT2D eigenvalue weighted by molar-refractivity contribution is 5.27. The molecule has 1 N–H and O–H groups in total. The predicted octanol–water partition coefficient (Wildman–Crippen LogP) is 3.22. The van der Waals surface area contributed by atoms with E-state index < -0.39 is 17.6 Å². The zero-order valence-corrected chi connectivity index (χ0v) is 11.4. The first kappa shape index (κ1) is 15.5. The van der Waals surface area contributed by atoms with Gasteiger partial charge in [0.15, 0.2) is 0 Å². The monoisotopic (exact) mass is 301 g/mol. The number of rotatable bonds is 5. The van der Waals surface area contributed by atoms with Gasteiger partial charge in [-0.2, -0.15) is 13.2 Å². The number of halogens is 4. The minimum Gasteiger partial charge on any atom is -0.336 e. The van der Waals surface area contributed by atoms with E-state index in [-0.39, 0.29) is 12.6 Å². The normalized spacial score (nSPS) is 13.4. The molecule has 0 aliphatic heterocycles. The van der Waals surface area contributed by atoms with E-state index in [2.05, 4.69) is 10.3 Å². The lowest BCUT2D eigenvalue weighted by Gasteiger charge is -2.15. The second kappa shape index (κ2) is 6.26. The number of nitrogens with zero attached hydrogens (tertiary/aromatic N) is 2. The van der Waals surface area contributed by atoms with E-state index in [0.717, 1.165) is 12.1 Å². The van der Waals surface area contributed by atoms with Crippen molar-refractivity contribution in [2.75, 3.05) is 0 Å². The van der Waals surface area contributed by atoms with Crippen LogP contribution in [0.25, 0.3) is 0 Å². The number of nitrogens with one attached hydrogen (secondary N) is 1. The van der Waals surface area contributed by atoms with Gasteiger partial charge in [-0.1, -0.05) is 6.07 Å². The van der Waals surface area contributed by atoms with Gasteiger partial charge in [0.25, 0.3) is 0 Å². The molecule has 0 bridgehead atoms. The Bertz CT molecular complexity index is 578. The van der Waals surface area contributed by atoms with Gasteiger partial charge in [-0.3, -0.25) is 0 Å². The predicted molar refractivity (Wildman–Crippen MR) is 69.9 cm³/mol. The second-order valence-corrected chi connectivity index (χ2v) is 4.85. The number of hydrogen-bond acceptors (Lipinski definition) is 2. The van der Waals surface area contributed by atoms with E-state index in [1.54, 1.807) is 18.7 Å². The van der Waals surface area contributed by atoms with Gasteiger partial charge in [0.1, 0.15) is 5.82 Å². The quantitative estimate of drug-likeness (QED) is 0.859. The third kappa shape index (κ3) is 4.29. The van der Waals surface area contributed by atoms with Crippen molar-refractivity contribution in [2.24, 2.45) is 0 Å². The molecular weight excluding hydrogens is 286 g/mol. The van der Waals surface area contributed by atoms with Gasteiger partial charge in [0.05, 0.1) is 11.9 Å². The molecule has 0 aliphatic carbocycles. The molecular formula is C14H15F4N3. The molecule has 0 saturated heterocycles. The first-order chi connectivity index (χ1) is 9.86. The molecule has 0 unspecified atom stereocenters. The van der Waals surface area contributed by atoms with Crippen molar-refractivity contribution in [2.45, 2.75) is 32.2 Å². The van der Waals surface area contributed by atoms with Gasteiger partial charge in [0, 0.05) is 31.5 Å². The highest BCUT2D eigenvalue weighted by Gasteiger charge is 2.34. The van der Waals surface area contributed by atoms with Crippen LogP contribution in [0.1, 0.15) is 18.1 Å². The van der Waals surface area contributed by atoms with Crippen LogP contribution < -0.4 is 5.32 Å². The summed E-state index contributed by atoms with van der Waals surface area (Å²) >= 11 is 0. The molecule has 0 saturated carbocycles. The molecule has 0 spiro atoms. The SMILES string of the molecule is C[C@H](Cn1ccnc1)NCc1ccc(F)c(C(F)(F)F)c1.